The minimum atomic E-state index is -0.000833. The fourth-order valence-electron chi connectivity index (χ4n) is 1.64. The molecule has 2 N–H and O–H groups in total. The lowest BCUT2D eigenvalue weighted by molar-refractivity contribution is 0.0771. The maximum Gasteiger partial charge on any atom is 0.160 e. The van der Waals surface area contributed by atoms with Crippen molar-refractivity contribution in [1.82, 2.24) is 9.97 Å². The van der Waals surface area contributed by atoms with E-state index in [0.717, 1.165) is 10.2 Å². The smallest absolute Gasteiger partial charge is 0.160 e. The molecule has 2 rings (SSSR count). The maximum absolute atomic E-state index is 5.78. The van der Waals surface area contributed by atoms with Gasteiger partial charge in [-0.25, -0.2) is 9.97 Å². The fourth-order valence-corrected chi connectivity index (χ4v) is 1.82. The number of ether oxygens (including phenoxy) is 1. The number of methoxy groups -OCH3 is 1. The predicted octanol–water partition coefficient (Wildman–Crippen LogP) is 2.23. The molecule has 1 aliphatic carbocycles. The molecule has 0 radical (unpaired) electrons. The van der Waals surface area contributed by atoms with Gasteiger partial charge in [0.2, 0.25) is 0 Å². The summed E-state index contributed by atoms with van der Waals surface area (Å²) in [5.74, 6) is 1.76. The van der Waals surface area contributed by atoms with Gasteiger partial charge < -0.3 is 10.5 Å². The van der Waals surface area contributed by atoms with E-state index in [4.69, 9.17) is 10.5 Å². The summed E-state index contributed by atoms with van der Waals surface area (Å²) in [6.45, 7) is 1.91. The summed E-state index contributed by atoms with van der Waals surface area (Å²) in [5.41, 5.74) is 6.64. The molecule has 1 aliphatic rings. The molecule has 4 nitrogen and oxygen atoms in total. The molecule has 0 aromatic carbocycles. The summed E-state index contributed by atoms with van der Waals surface area (Å²) >= 11 is 3.35. The molecule has 0 saturated heterocycles. The van der Waals surface area contributed by atoms with Crippen LogP contribution in [0.2, 0.25) is 0 Å². The second-order valence-electron chi connectivity index (χ2n) is 3.86. The molecule has 5 heteroatoms. The molecule has 0 aliphatic heterocycles. The Labute approximate surface area is 97.4 Å². The van der Waals surface area contributed by atoms with Crippen LogP contribution >= 0.6 is 15.9 Å². The number of aromatic nitrogens is 2. The minimum absolute atomic E-state index is 0.000833. The Hall–Kier alpha value is -0.680. The van der Waals surface area contributed by atoms with Crippen molar-refractivity contribution in [2.24, 2.45) is 5.92 Å². The number of hydrogen-bond acceptors (Lipinski definition) is 4. The van der Waals surface area contributed by atoms with Crippen LogP contribution in [-0.2, 0) is 4.74 Å². The van der Waals surface area contributed by atoms with Crippen molar-refractivity contribution < 1.29 is 4.74 Å². The van der Waals surface area contributed by atoms with E-state index in [1.165, 1.54) is 12.8 Å². The summed E-state index contributed by atoms with van der Waals surface area (Å²) in [5, 5.41) is 0. The molecule has 0 bridgehead atoms. The molecule has 1 unspecified atom stereocenters. The van der Waals surface area contributed by atoms with Crippen LogP contribution in [0.3, 0.4) is 0 Å². The van der Waals surface area contributed by atoms with Crippen LogP contribution in [0.15, 0.2) is 4.47 Å². The zero-order chi connectivity index (χ0) is 11.0. The summed E-state index contributed by atoms with van der Waals surface area (Å²) in [7, 11) is 1.69. The number of hydrogen-bond donors (Lipinski definition) is 1. The Morgan fingerprint density at radius 2 is 2.13 bits per heavy atom. The van der Waals surface area contributed by atoms with Gasteiger partial charge in [0, 0.05) is 7.11 Å². The van der Waals surface area contributed by atoms with Crippen molar-refractivity contribution in [1.29, 1.82) is 0 Å². The van der Waals surface area contributed by atoms with Crippen LogP contribution in [0.4, 0.5) is 5.82 Å². The Kier molecular flexibility index (Phi) is 2.93. The lowest BCUT2D eigenvalue weighted by Crippen LogP contribution is -2.11. The Bertz CT molecular complexity index is 356. The first-order valence-electron chi connectivity index (χ1n) is 4.95. The number of nitrogens with zero attached hydrogens (tertiary/aromatic N) is 2. The standard InChI is InChI=1S/C10H14BrN3O/c1-5-7(11)9(12)14-10(13-5)8(15-2)6-3-4-6/h6,8H,3-4H2,1-2H3,(H2,12,13,14). The van der Waals surface area contributed by atoms with Gasteiger partial charge in [-0.05, 0) is 41.6 Å². The van der Waals surface area contributed by atoms with E-state index >= 15 is 0 Å². The average molecular weight is 272 g/mol. The Morgan fingerprint density at radius 3 is 2.60 bits per heavy atom. The van der Waals surface area contributed by atoms with Crippen LogP contribution in [0.5, 0.6) is 0 Å². The highest BCUT2D eigenvalue weighted by atomic mass is 79.9. The lowest BCUT2D eigenvalue weighted by Gasteiger charge is -2.14. The van der Waals surface area contributed by atoms with Crippen LogP contribution in [0.1, 0.15) is 30.5 Å². The second kappa shape index (κ2) is 4.06. The van der Waals surface area contributed by atoms with E-state index in [-0.39, 0.29) is 6.10 Å². The predicted molar refractivity (Wildman–Crippen MR) is 61.4 cm³/mol. The molecule has 15 heavy (non-hydrogen) atoms. The highest BCUT2D eigenvalue weighted by molar-refractivity contribution is 9.10. The Morgan fingerprint density at radius 1 is 1.47 bits per heavy atom. The van der Waals surface area contributed by atoms with Gasteiger partial charge in [-0.1, -0.05) is 0 Å². The molecular weight excluding hydrogens is 258 g/mol. The van der Waals surface area contributed by atoms with Crippen molar-refractivity contribution >= 4 is 21.7 Å². The summed E-state index contributed by atoms with van der Waals surface area (Å²) in [4.78, 5) is 8.66. The molecule has 1 fully saturated rings. The first kappa shape index (κ1) is 10.8. The Balaban J connectivity index is 2.34. The van der Waals surface area contributed by atoms with Crippen molar-refractivity contribution in [3.8, 4) is 0 Å². The summed E-state index contributed by atoms with van der Waals surface area (Å²) < 4.78 is 6.19. The molecule has 1 saturated carbocycles. The van der Waals surface area contributed by atoms with Crippen molar-refractivity contribution in [3.63, 3.8) is 0 Å². The first-order valence-corrected chi connectivity index (χ1v) is 5.75. The van der Waals surface area contributed by atoms with E-state index < -0.39 is 0 Å². The molecule has 1 atom stereocenters. The topological polar surface area (TPSA) is 61.0 Å². The van der Waals surface area contributed by atoms with Crippen LogP contribution in [-0.4, -0.2) is 17.1 Å². The van der Waals surface area contributed by atoms with Gasteiger partial charge in [-0.2, -0.15) is 0 Å². The third kappa shape index (κ3) is 2.13. The number of nitrogens with two attached hydrogens (primary N) is 1. The zero-order valence-corrected chi connectivity index (χ0v) is 10.4. The number of rotatable bonds is 3. The quantitative estimate of drug-likeness (QED) is 0.916. The van der Waals surface area contributed by atoms with Crippen molar-refractivity contribution in [3.05, 3.63) is 16.0 Å². The van der Waals surface area contributed by atoms with E-state index in [0.29, 0.717) is 17.6 Å². The zero-order valence-electron chi connectivity index (χ0n) is 8.83. The third-order valence-electron chi connectivity index (χ3n) is 2.62. The first-order chi connectivity index (χ1) is 7.13. The van der Waals surface area contributed by atoms with Crippen molar-refractivity contribution in [2.75, 3.05) is 12.8 Å². The molecule has 0 spiro atoms. The summed E-state index contributed by atoms with van der Waals surface area (Å²) in [6, 6.07) is 0. The molecular formula is C10H14BrN3O. The van der Waals surface area contributed by atoms with Gasteiger partial charge in [0.25, 0.3) is 0 Å². The number of aryl methyl sites for hydroxylation is 1. The van der Waals surface area contributed by atoms with Gasteiger partial charge in [0.05, 0.1) is 10.2 Å². The number of halogens is 1. The maximum atomic E-state index is 5.78. The molecule has 1 aromatic heterocycles. The molecule has 82 valence electrons. The monoisotopic (exact) mass is 271 g/mol. The largest absolute Gasteiger partial charge is 0.383 e. The van der Waals surface area contributed by atoms with Crippen LogP contribution in [0, 0.1) is 12.8 Å². The molecule has 1 aromatic rings. The highest BCUT2D eigenvalue weighted by Crippen LogP contribution is 2.42. The normalized spacial score (nSPS) is 17.8. The average Bonchev–Trinajstić information content (AvgIpc) is 2.99. The van der Waals surface area contributed by atoms with E-state index in [2.05, 4.69) is 25.9 Å². The van der Waals surface area contributed by atoms with Gasteiger partial charge in [0.15, 0.2) is 5.82 Å². The fraction of sp³-hybridized carbons (Fsp3) is 0.600. The van der Waals surface area contributed by atoms with Crippen molar-refractivity contribution in [2.45, 2.75) is 25.9 Å². The van der Waals surface area contributed by atoms with E-state index in [9.17, 15) is 0 Å². The van der Waals surface area contributed by atoms with Gasteiger partial charge in [-0.3, -0.25) is 0 Å². The summed E-state index contributed by atoms with van der Waals surface area (Å²) in [6.07, 6.45) is 2.38. The number of anilines is 1. The SMILES string of the molecule is COC(c1nc(C)c(Br)c(N)n1)C1CC1. The third-order valence-corrected chi connectivity index (χ3v) is 3.60. The van der Waals surface area contributed by atoms with Crippen LogP contribution in [0.25, 0.3) is 0 Å². The van der Waals surface area contributed by atoms with Gasteiger partial charge in [-0.15, -0.1) is 0 Å². The van der Waals surface area contributed by atoms with Crippen LogP contribution < -0.4 is 5.73 Å². The highest BCUT2D eigenvalue weighted by Gasteiger charge is 2.34. The van der Waals surface area contributed by atoms with Gasteiger partial charge >= 0.3 is 0 Å². The molecule has 1 heterocycles. The van der Waals surface area contributed by atoms with Gasteiger partial charge in [0.1, 0.15) is 11.9 Å². The minimum Gasteiger partial charge on any atom is -0.383 e. The van der Waals surface area contributed by atoms with E-state index in [1.54, 1.807) is 7.11 Å². The molecule has 0 amide bonds. The lowest BCUT2D eigenvalue weighted by atomic mass is 10.2. The second-order valence-corrected chi connectivity index (χ2v) is 4.65. The van der Waals surface area contributed by atoms with E-state index in [1.807, 2.05) is 6.92 Å². The number of nitrogen functional groups attached to an aromatic ring is 1.